The molecule has 3 aromatic rings. The van der Waals surface area contributed by atoms with Crippen molar-refractivity contribution in [3.8, 4) is 0 Å². The van der Waals surface area contributed by atoms with Crippen LogP contribution in [0.4, 0.5) is 0 Å². The third-order valence-electron chi connectivity index (χ3n) is 3.43. The van der Waals surface area contributed by atoms with E-state index in [1.165, 1.54) is 0 Å². The zero-order chi connectivity index (χ0) is 14.1. The van der Waals surface area contributed by atoms with E-state index in [9.17, 15) is 4.79 Å². The van der Waals surface area contributed by atoms with Crippen LogP contribution < -0.4 is 0 Å². The van der Waals surface area contributed by atoms with Gasteiger partial charge in [0.15, 0.2) is 5.78 Å². The Kier molecular flexibility index (Phi) is 3.10. The maximum Gasteiger partial charge on any atom is 0.159 e. The molecular weight excluding hydrogens is 252 g/mol. The summed E-state index contributed by atoms with van der Waals surface area (Å²) in [5, 5.41) is 0. The molecule has 0 spiro atoms. The van der Waals surface area contributed by atoms with Crippen molar-refractivity contribution >= 4 is 16.8 Å². The normalized spacial score (nSPS) is 11.1. The molecule has 5 nitrogen and oxygen atoms in total. The maximum absolute atomic E-state index is 11.5. The van der Waals surface area contributed by atoms with E-state index in [0.717, 1.165) is 29.0 Å². The smallest absolute Gasteiger partial charge is 0.159 e. The molecule has 0 saturated heterocycles. The molecule has 0 aliphatic heterocycles. The number of rotatable bonds is 4. The van der Waals surface area contributed by atoms with Crippen molar-refractivity contribution < 1.29 is 4.79 Å². The van der Waals surface area contributed by atoms with E-state index >= 15 is 0 Å². The summed E-state index contributed by atoms with van der Waals surface area (Å²) in [6, 6.07) is 5.67. The summed E-state index contributed by atoms with van der Waals surface area (Å²) in [6.07, 6.45) is 5.45. The summed E-state index contributed by atoms with van der Waals surface area (Å²) in [5.74, 6) is 1.05. The quantitative estimate of drug-likeness (QED) is 0.683. The van der Waals surface area contributed by atoms with Gasteiger partial charge in [0, 0.05) is 24.5 Å². The van der Waals surface area contributed by atoms with Crippen LogP contribution in [-0.4, -0.2) is 24.9 Å². The topological polar surface area (TPSA) is 52.7 Å². The Bertz CT molecular complexity index is 756. The average molecular weight is 268 g/mol. The number of aryl methyl sites for hydroxylation is 1. The molecule has 0 aliphatic rings. The van der Waals surface area contributed by atoms with Gasteiger partial charge < -0.3 is 9.13 Å². The van der Waals surface area contributed by atoms with Crippen LogP contribution in [0.15, 0.2) is 36.9 Å². The van der Waals surface area contributed by atoms with Gasteiger partial charge in [0.25, 0.3) is 0 Å². The molecule has 2 heterocycles. The SMILES string of the molecule is CCn1c(Cn2ccnc2)nc2ccc(C(C)=O)cc21. The Morgan fingerprint density at radius 3 is 2.85 bits per heavy atom. The van der Waals surface area contributed by atoms with Crippen LogP contribution in [0.1, 0.15) is 30.0 Å². The minimum atomic E-state index is 0.0758. The van der Waals surface area contributed by atoms with Crippen molar-refractivity contribution in [3.05, 3.63) is 48.3 Å². The molecule has 3 rings (SSSR count). The zero-order valence-corrected chi connectivity index (χ0v) is 11.6. The highest BCUT2D eigenvalue weighted by Gasteiger charge is 2.11. The second kappa shape index (κ2) is 4.92. The molecule has 1 aromatic carbocycles. The number of imidazole rings is 2. The van der Waals surface area contributed by atoms with E-state index in [0.29, 0.717) is 6.54 Å². The van der Waals surface area contributed by atoms with Gasteiger partial charge in [0.05, 0.1) is 23.9 Å². The minimum Gasteiger partial charge on any atom is -0.330 e. The van der Waals surface area contributed by atoms with Crippen molar-refractivity contribution in [2.24, 2.45) is 0 Å². The monoisotopic (exact) mass is 268 g/mol. The van der Waals surface area contributed by atoms with Gasteiger partial charge in [-0.2, -0.15) is 0 Å². The van der Waals surface area contributed by atoms with Crippen LogP contribution in [-0.2, 0) is 13.1 Å². The Morgan fingerprint density at radius 2 is 2.20 bits per heavy atom. The first-order valence-corrected chi connectivity index (χ1v) is 6.65. The lowest BCUT2D eigenvalue weighted by Gasteiger charge is -2.06. The van der Waals surface area contributed by atoms with Crippen molar-refractivity contribution in [2.75, 3.05) is 0 Å². The van der Waals surface area contributed by atoms with Gasteiger partial charge in [0.2, 0.25) is 0 Å². The van der Waals surface area contributed by atoms with Crippen molar-refractivity contribution in [1.29, 1.82) is 0 Å². The third-order valence-corrected chi connectivity index (χ3v) is 3.43. The molecule has 0 fully saturated rings. The standard InChI is InChI=1S/C15H16N4O/c1-3-19-14-8-12(11(2)20)4-5-13(14)17-15(19)9-18-7-6-16-10-18/h4-8,10H,3,9H2,1-2H3. The highest BCUT2D eigenvalue weighted by molar-refractivity contribution is 5.97. The van der Waals surface area contributed by atoms with Crippen molar-refractivity contribution in [3.63, 3.8) is 0 Å². The molecule has 0 unspecified atom stereocenters. The van der Waals surface area contributed by atoms with Gasteiger partial charge in [-0.05, 0) is 32.0 Å². The minimum absolute atomic E-state index is 0.0758. The van der Waals surface area contributed by atoms with Crippen LogP contribution >= 0.6 is 0 Å². The molecule has 0 bridgehead atoms. The first-order valence-electron chi connectivity index (χ1n) is 6.65. The van der Waals surface area contributed by atoms with Crippen LogP contribution in [0, 0.1) is 0 Å². The molecule has 5 heteroatoms. The number of ketones is 1. The summed E-state index contributed by atoms with van der Waals surface area (Å²) < 4.78 is 4.13. The van der Waals surface area contributed by atoms with Gasteiger partial charge in [-0.25, -0.2) is 9.97 Å². The number of hydrogen-bond donors (Lipinski definition) is 0. The average Bonchev–Trinajstić information content (AvgIpc) is 3.04. The predicted molar refractivity (Wildman–Crippen MR) is 76.7 cm³/mol. The molecule has 0 amide bonds. The maximum atomic E-state index is 11.5. The summed E-state index contributed by atoms with van der Waals surface area (Å²) in [6.45, 7) is 5.17. The lowest BCUT2D eigenvalue weighted by Crippen LogP contribution is -2.06. The van der Waals surface area contributed by atoms with Gasteiger partial charge >= 0.3 is 0 Å². The molecule has 0 radical (unpaired) electrons. The molecule has 0 N–H and O–H groups in total. The summed E-state index contributed by atoms with van der Waals surface area (Å²) in [4.78, 5) is 20.2. The largest absolute Gasteiger partial charge is 0.330 e. The summed E-state index contributed by atoms with van der Waals surface area (Å²) in [7, 11) is 0. The van der Waals surface area contributed by atoms with Crippen LogP contribution in [0.3, 0.4) is 0 Å². The van der Waals surface area contributed by atoms with E-state index in [-0.39, 0.29) is 5.78 Å². The number of nitrogens with zero attached hydrogens (tertiary/aromatic N) is 4. The number of hydrogen-bond acceptors (Lipinski definition) is 3. The Balaban J connectivity index is 2.11. The van der Waals surface area contributed by atoms with Crippen LogP contribution in [0.5, 0.6) is 0 Å². The number of Topliss-reactive ketones (excluding diaryl/α,β-unsaturated/α-hetero) is 1. The molecule has 20 heavy (non-hydrogen) atoms. The molecular formula is C15H16N4O. The number of fused-ring (bicyclic) bond motifs is 1. The fraction of sp³-hybridized carbons (Fsp3) is 0.267. The Labute approximate surface area is 116 Å². The Hall–Kier alpha value is -2.43. The van der Waals surface area contributed by atoms with Crippen LogP contribution in [0.2, 0.25) is 0 Å². The molecule has 0 aliphatic carbocycles. The summed E-state index contributed by atoms with van der Waals surface area (Å²) >= 11 is 0. The molecule has 102 valence electrons. The number of aromatic nitrogens is 4. The first-order chi connectivity index (χ1) is 9.69. The Morgan fingerprint density at radius 1 is 1.35 bits per heavy atom. The third kappa shape index (κ3) is 2.11. The predicted octanol–water partition coefficient (Wildman–Crippen LogP) is 2.50. The van der Waals surface area contributed by atoms with E-state index in [2.05, 4.69) is 21.5 Å². The van der Waals surface area contributed by atoms with Gasteiger partial charge in [-0.1, -0.05) is 0 Å². The second-order valence-electron chi connectivity index (χ2n) is 4.77. The van der Waals surface area contributed by atoms with E-state index < -0.39 is 0 Å². The highest BCUT2D eigenvalue weighted by atomic mass is 16.1. The second-order valence-corrected chi connectivity index (χ2v) is 4.77. The van der Waals surface area contributed by atoms with Crippen molar-refractivity contribution in [2.45, 2.75) is 26.9 Å². The first kappa shape index (κ1) is 12.6. The van der Waals surface area contributed by atoms with Crippen molar-refractivity contribution in [1.82, 2.24) is 19.1 Å². The molecule has 0 atom stereocenters. The fourth-order valence-electron chi connectivity index (χ4n) is 2.41. The van der Waals surface area contributed by atoms with E-state index in [4.69, 9.17) is 0 Å². The summed E-state index contributed by atoms with van der Waals surface area (Å²) in [5.41, 5.74) is 2.66. The number of benzene rings is 1. The zero-order valence-electron chi connectivity index (χ0n) is 11.6. The highest BCUT2D eigenvalue weighted by Crippen LogP contribution is 2.19. The van der Waals surface area contributed by atoms with Crippen LogP contribution in [0.25, 0.3) is 11.0 Å². The van der Waals surface area contributed by atoms with Gasteiger partial charge in [0.1, 0.15) is 5.82 Å². The molecule has 2 aromatic heterocycles. The number of carbonyl (C=O) groups is 1. The van der Waals surface area contributed by atoms with E-state index in [1.54, 1.807) is 19.4 Å². The van der Waals surface area contributed by atoms with E-state index in [1.807, 2.05) is 29.0 Å². The lowest BCUT2D eigenvalue weighted by molar-refractivity contribution is 0.101. The fourth-order valence-corrected chi connectivity index (χ4v) is 2.41. The van der Waals surface area contributed by atoms with Gasteiger partial charge in [-0.15, -0.1) is 0 Å². The number of carbonyl (C=O) groups excluding carboxylic acids is 1. The van der Waals surface area contributed by atoms with Gasteiger partial charge in [-0.3, -0.25) is 4.79 Å². The lowest BCUT2D eigenvalue weighted by atomic mass is 10.1. The molecule has 0 saturated carbocycles.